The van der Waals surface area contributed by atoms with Gasteiger partial charge in [0.25, 0.3) is 0 Å². The third kappa shape index (κ3) is 4.37. The van der Waals surface area contributed by atoms with Crippen molar-refractivity contribution in [2.75, 3.05) is 38.3 Å². The highest BCUT2D eigenvalue weighted by molar-refractivity contribution is 6.30. The molecule has 1 N–H and O–H groups in total. The molecule has 1 aromatic carbocycles. The standard InChI is InChI=1S/C16H25ClN2O/c1-3-18-10-14-9-15(17)6-7-16(14)19(2)11-13-5-4-8-20-12-13/h6-7,9,13,18H,3-5,8,10-12H2,1-2H3. The molecule has 4 heteroatoms. The van der Waals surface area contributed by atoms with Gasteiger partial charge in [-0.15, -0.1) is 0 Å². The topological polar surface area (TPSA) is 24.5 Å². The van der Waals surface area contributed by atoms with Crippen LogP contribution in [0.1, 0.15) is 25.3 Å². The first-order chi connectivity index (χ1) is 9.70. The third-order valence-corrected chi connectivity index (χ3v) is 4.04. The Balaban J connectivity index is 2.05. The van der Waals surface area contributed by atoms with Gasteiger partial charge in [-0.25, -0.2) is 0 Å². The number of hydrogen-bond acceptors (Lipinski definition) is 3. The Morgan fingerprint density at radius 3 is 3.00 bits per heavy atom. The summed E-state index contributed by atoms with van der Waals surface area (Å²) < 4.78 is 5.57. The van der Waals surface area contributed by atoms with Crippen LogP contribution in [-0.2, 0) is 11.3 Å². The molecule has 1 heterocycles. The van der Waals surface area contributed by atoms with Crippen LogP contribution in [-0.4, -0.2) is 33.4 Å². The van der Waals surface area contributed by atoms with E-state index in [0.29, 0.717) is 5.92 Å². The van der Waals surface area contributed by atoms with Crippen molar-refractivity contribution in [1.82, 2.24) is 5.32 Å². The summed E-state index contributed by atoms with van der Waals surface area (Å²) in [6, 6.07) is 6.16. The molecule has 0 aliphatic carbocycles. The number of ether oxygens (including phenoxy) is 1. The minimum absolute atomic E-state index is 0.636. The minimum atomic E-state index is 0.636. The molecule has 1 aliphatic rings. The summed E-state index contributed by atoms with van der Waals surface area (Å²) in [5, 5.41) is 4.18. The van der Waals surface area contributed by atoms with E-state index in [1.54, 1.807) is 0 Å². The van der Waals surface area contributed by atoms with Gasteiger partial charge in [-0.2, -0.15) is 0 Å². The molecule has 1 fully saturated rings. The lowest BCUT2D eigenvalue weighted by molar-refractivity contribution is 0.0576. The molecule has 1 unspecified atom stereocenters. The van der Waals surface area contributed by atoms with Gasteiger partial charge in [0.1, 0.15) is 0 Å². The second-order valence-corrected chi connectivity index (χ2v) is 5.95. The molecule has 0 bridgehead atoms. The van der Waals surface area contributed by atoms with Gasteiger partial charge in [-0.3, -0.25) is 0 Å². The Morgan fingerprint density at radius 2 is 2.30 bits per heavy atom. The number of nitrogens with one attached hydrogen (secondary N) is 1. The first kappa shape index (κ1) is 15.6. The zero-order valence-electron chi connectivity index (χ0n) is 12.5. The van der Waals surface area contributed by atoms with Crippen molar-refractivity contribution >= 4 is 17.3 Å². The van der Waals surface area contributed by atoms with E-state index in [-0.39, 0.29) is 0 Å². The predicted molar refractivity (Wildman–Crippen MR) is 85.6 cm³/mol. The monoisotopic (exact) mass is 296 g/mol. The molecule has 1 aliphatic heterocycles. The Kier molecular flexibility index (Phi) is 6.14. The van der Waals surface area contributed by atoms with Gasteiger partial charge in [-0.1, -0.05) is 18.5 Å². The van der Waals surface area contributed by atoms with Gasteiger partial charge in [-0.05, 0) is 49.1 Å². The number of anilines is 1. The van der Waals surface area contributed by atoms with E-state index >= 15 is 0 Å². The van der Waals surface area contributed by atoms with E-state index in [4.69, 9.17) is 16.3 Å². The zero-order chi connectivity index (χ0) is 14.4. The number of hydrogen-bond donors (Lipinski definition) is 1. The second-order valence-electron chi connectivity index (χ2n) is 5.52. The molecule has 0 saturated carbocycles. The molecule has 0 spiro atoms. The highest BCUT2D eigenvalue weighted by atomic mass is 35.5. The Morgan fingerprint density at radius 1 is 1.45 bits per heavy atom. The van der Waals surface area contributed by atoms with Crippen molar-refractivity contribution in [3.8, 4) is 0 Å². The zero-order valence-corrected chi connectivity index (χ0v) is 13.2. The van der Waals surface area contributed by atoms with Gasteiger partial charge in [0.2, 0.25) is 0 Å². The van der Waals surface area contributed by atoms with Gasteiger partial charge in [0, 0.05) is 37.5 Å². The fourth-order valence-corrected chi connectivity index (χ4v) is 2.96. The van der Waals surface area contributed by atoms with E-state index in [0.717, 1.165) is 37.9 Å². The smallest absolute Gasteiger partial charge is 0.0511 e. The summed E-state index contributed by atoms with van der Waals surface area (Å²) in [4.78, 5) is 2.34. The molecular weight excluding hydrogens is 272 g/mol. The molecule has 0 amide bonds. The molecule has 3 nitrogen and oxygen atoms in total. The maximum absolute atomic E-state index is 6.13. The Hall–Kier alpha value is -0.770. The van der Waals surface area contributed by atoms with Crippen molar-refractivity contribution in [3.05, 3.63) is 28.8 Å². The average Bonchev–Trinajstić information content (AvgIpc) is 2.46. The fourth-order valence-electron chi connectivity index (χ4n) is 2.76. The summed E-state index contributed by atoms with van der Waals surface area (Å²) in [5.41, 5.74) is 2.53. The van der Waals surface area contributed by atoms with Crippen LogP contribution in [0.25, 0.3) is 0 Å². The van der Waals surface area contributed by atoms with Crippen molar-refractivity contribution in [2.24, 2.45) is 5.92 Å². The quantitative estimate of drug-likeness (QED) is 0.871. The van der Waals surface area contributed by atoms with Crippen LogP contribution in [0.15, 0.2) is 18.2 Å². The average molecular weight is 297 g/mol. The second kappa shape index (κ2) is 7.87. The summed E-state index contributed by atoms with van der Waals surface area (Å²) in [7, 11) is 2.16. The molecular formula is C16H25ClN2O. The Bertz CT molecular complexity index is 419. The number of nitrogens with zero attached hydrogens (tertiary/aromatic N) is 1. The molecule has 0 radical (unpaired) electrons. The van der Waals surface area contributed by atoms with Crippen LogP contribution in [0.4, 0.5) is 5.69 Å². The van der Waals surface area contributed by atoms with Crippen molar-refractivity contribution < 1.29 is 4.74 Å². The largest absolute Gasteiger partial charge is 0.381 e. The Labute approximate surface area is 127 Å². The normalized spacial score (nSPS) is 19.1. The van der Waals surface area contributed by atoms with Gasteiger partial charge in [0.15, 0.2) is 0 Å². The third-order valence-electron chi connectivity index (χ3n) is 3.80. The summed E-state index contributed by atoms with van der Waals surface area (Å²) in [6.07, 6.45) is 2.45. The maximum Gasteiger partial charge on any atom is 0.0511 e. The van der Waals surface area contributed by atoms with Crippen molar-refractivity contribution in [3.63, 3.8) is 0 Å². The van der Waals surface area contributed by atoms with Crippen molar-refractivity contribution in [1.29, 1.82) is 0 Å². The van der Waals surface area contributed by atoms with Crippen LogP contribution in [0.2, 0.25) is 5.02 Å². The van der Waals surface area contributed by atoms with Crippen LogP contribution >= 0.6 is 11.6 Å². The van der Waals surface area contributed by atoms with E-state index in [9.17, 15) is 0 Å². The molecule has 1 atom stereocenters. The molecule has 1 saturated heterocycles. The SMILES string of the molecule is CCNCc1cc(Cl)ccc1N(C)CC1CCCOC1. The van der Waals surface area contributed by atoms with Gasteiger partial charge in [0.05, 0.1) is 6.61 Å². The summed E-state index contributed by atoms with van der Waals surface area (Å²) in [5.74, 6) is 0.636. The fraction of sp³-hybridized carbons (Fsp3) is 0.625. The molecule has 20 heavy (non-hydrogen) atoms. The maximum atomic E-state index is 6.13. The van der Waals surface area contributed by atoms with E-state index in [2.05, 4.69) is 36.3 Å². The van der Waals surface area contributed by atoms with Crippen LogP contribution in [0, 0.1) is 5.92 Å². The van der Waals surface area contributed by atoms with Crippen LogP contribution < -0.4 is 10.2 Å². The number of halogens is 1. The van der Waals surface area contributed by atoms with E-state index in [1.807, 2.05) is 6.07 Å². The van der Waals surface area contributed by atoms with E-state index < -0.39 is 0 Å². The first-order valence-electron chi connectivity index (χ1n) is 7.48. The minimum Gasteiger partial charge on any atom is -0.381 e. The number of rotatable bonds is 6. The highest BCUT2D eigenvalue weighted by Crippen LogP contribution is 2.25. The van der Waals surface area contributed by atoms with Crippen LogP contribution in [0.3, 0.4) is 0 Å². The predicted octanol–water partition coefficient (Wildman–Crippen LogP) is 3.31. The van der Waals surface area contributed by atoms with E-state index in [1.165, 1.54) is 24.1 Å². The molecule has 2 rings (SSSR count). The molecule has 1 aromatic rings. The molecule has 112 valence electrons. The lowest BCUT2D eigenvalue weighted by Gasteiger charge is -2.29. The first-order valence-corrected chi connectivity index (χ1v) is 7.86. The summed E-state index contributed by atoms with van der Waals surface area (Å²) in [6.45, 7) is 6.80. The van der Waals surface area contributed by atoms with Gasteiger partial charge >= 0.3 is 0 Å². The number of benzene rings is 1. The summed E-state index contributed by atoms with van der Waals surface area (Å²) >= 11 is 6.13. The van der Waals surface area contributed by atoms with Crippen LogP contribution in [0.5, 0.6) is 0 Å². The van der Waals surface area contributed by atoms with Gasteiger partial charge < -0.3 is 15.0 Å². The lowest BCUT2D eigenvalue weighted by Crippen LogP contribution is -2.31. The molecule has 0 aromatic heterocycles. The van der Waals surface area contributed by atoms with Crippen molar-refractivity contribution in [2.45, 2.75) is 26.3 Å². The highest BCUT2D eigenvalue weighted by Gasteiger charge is 2.17. The lowest BCUT2D eigenvalue weighted by atomic mass is 10.0.